The van der Waals surface area contributed by atoms with Gasteiger partial charge in [-0.15, -0.1) is 10.3 Å². The van der Waals surface area contributed by atoms with Gasteiger partial charge in [-0.25, -0.2) is 0 Å². The number of aryl methyl sites for hydroxylation is 1. The monoisotopic (exact) mass is 481 g/mol. The molecule has 2 aromatic heterocycles. The minimum atomic E-state index is -4.86. The Labute approximate surface area is 198 Å². The van der Waals surface area contributed by atoms with Crippen molar-refractivity contribution in [3.8, 4) is 23.6 Å². The standard InChI is InChI=1S/C24H24FN5O3S/c1-4-18-10-19(12-21(11-18)34(25,32)33)15-29-8-9-30(17(2)14-29)24(31)22-6-5-7-26-23(22)20-13-27-28(3)16-20/h1,5-7,10-13,16-17H,8-9,14-15H2,2-3H3/t17-/m0/s1. The van der Waals surface area contributed by atoms with Crippen LogP contribution >= 0.6 is 0 Å². The molecule has 10 heteroatoms. The van der Waals surface area contributed by atoms with Gasteiger partial charge in [-0.1, -0.05) is 5.92 Å². The first-order chi connectivity index (χ1) is 16.2. The van der Waals surface area contributed by atoms with Crippen molar-refractivity contribution in [1.82, 2.24) is 24.6 Å². The zero-order valence-electron chi connectivity index (χ0n) is 18.8. The van der Waals surface area contributed by atoms with E-state index < -0.39 is 15.1 Å². The lowest BCUT2D eigenvalue weighted by Gasteiger charge is -2.40. The molecule has 0 radical (unpaired) electrons. The van der Waals surface area contributed by atoms with Gasteiger partial charge in [-0.2, -0.15) is 13.5 Å². The van der Waals surface area contributed by atoms with Crippen LogP contribution in [0, 0.1) is 12.3 Å². The fourth-order valence-electron chi connectivity index (χ4n) is 4.22. The molecule has 34 heavy (non-hydrogen) atoms. The summed E-state index contributed by atoms with van der Waals surface area (Å²) in [5.41, 5.74) is 2.77. The van der Waals surface area contributed by atoms with E-state index in [1.807, 2.05) is 18.0 Å². The van der Waals surface area contributed by atoms with Crippen LogP contribution in [-0.2, 0) is 23.8 Å². The smallest absolute Gasteiger partial charge is 0.332 e. The van der Waals surface area contributed by atoms with Crippen LogP contribution in [0.4, 0.5) is 3.89 Å². The highest BCUT2D eigenvalue weighted by atomic mass is 32.3. The number of benzene rings is 1. The Bertz CT molecular complexity index is 1380. The molecular formula is C24H24FN5O3S. The molecule has 8 nitrogen and oxygen atoms in total. The summed E-state index contributed by atoms with van der Waals surface area (Å²) in [4.78, 5) is 21.3. The molecule has 1 amide bonds. The van der Waals surface area contributed by atoms with Crippen molar-refractivity contribution in [2.75, 3.05) is 19.6 Å². The van der Waals surface area contributed by atoms with Gasteiger partial charge in [0.1, 0.15) is 4.90 Å². The first-order valence-corrected chi connectivity index (χ1v) is 12.1. The van der Waals surface area contributed by atoms with Crippen LogP contribution < -0.4 is 0 Å². The highest BCUT2D eigenvalue weighted by Crippen LogP contribution is 2.25. The number of carbonyl (C=O) groups is 1. The first kappa shape index (κ1) is 23.6. The van der Waals surface area contributed by atoms with Crippen LogP contribution in [0.3, 0.4) is 0 Å². The van der Waals surface area contributed by atoms with Crippen molar-refractivity contribution < 1.29 is 17.1 Å². The number of carbonyl (C=O) groups excluding carboxylic acids is 1. The summed E-state index contributed by atoms with van der Waals surface area (Å²) in [6.45, 7) is 3.95. The number of pyridine rings is 1. The van der Waals surface area contributed by atoms with Gasteiger partial charge in [0.25, 0.3) is 5.91 Å². The van der Waals surface area contributed by atoms with Crippen LogP contribution in [0.2, 0.25) is 0 Å². The summed E-state index contributed by atoms with van der Waals surface area (Å²) in [6.07, 6.45) is 10.6. The third-order valence-electron chi connectivity index (χ3n) is 5.81. The van der Waals surface area contributed by atoms with Crippen LogP contribution in [0.5, 0.6) is 0 Å². The maximum Gasteiger partial charge on any atom is 0.332 e. The Balaban J connectivity index is 1.50. The zero-order chi connectivity index (χ0) is 24.5. The molecule has 1 saturated heterocycles. The van der Waals surface area contributed by atoms with Gasteiger partial charge < -0.3 is 4.90 Å². The van der Waals surface area contributed by atoms with Gasteiger partial charge in [0.15, 0.2) is 0 Å². The Morgan fingerprint density at radius 3 is 2.74 bits per heavy atom. The highest BCUT2D eigenvalue weighted by Gasteiger charge is 2.30. The lowest BCUT2D eigenvalue weighted by atomic mass is 10.1. The van der Waals surface area contributed by atoms with Gasteiger partial charge in [-0.05, 0) is 42.8 Å². The number of hydrogen-bond donors (Lipinski definition) is 0. The summed E-state index contributed by atoms with van der Waals surface area (Å²) < 4.78 is 38.0. The molecule has 3 heterocycles. The van der Waals surface area contributed by atoms with E-state index in [-0.39, 0.29) is 11.9 Å². The molecule has 0 aliphatic carbocycles. The second-order valence-electron chi connectivity index (χ2n) is 8.33. The van der Waals surface area contributed by atoms with E-state index in [2.05, 4.69) is 20.9 Å². The predicted octanol–water partition coefficient (Wildman–Crippen LogP) is 2.47. The van der Waals surface area contributed by atoms with Gasteiger partial charge in [0.2, 0.25) is 0 Å². The number of piperazine rings is 1. The number of hydrogen-bond acceptors (Lipinski definition) is 6. The Kier molecular flexibility index (Phi) is 6.50. The van der Waals surface area contributed by atoms with E-state index in [0.29, 0.717) is 48.6 Å². The SMILES string of the molecule is C#Cc1cc(CN2CCN(C(=O)c3cccnc3-c3cnn(C)c3)[C@@H](C)C2)cc(S(=O)(=O)F)c1. The van der Waals surface area contributed by atoms with Crippen LogP contribution in [0.15, 0.2) is 53.8 Å². The van der Waals surface area contributed by atoms with Crippen molar-refractivity contribution in [2.45, 2.75) is 24.4 Å². The average molecular weight is 482 g/mol. The van der Waals surface area contributed by atoms with Crippen LogP contribution in [0.25, 0.3) is 11.3 Å². The Morgan fingerprint density at radius 2 is 2.09 bits per heavy atom. The topological polar surface area (TPSA) is 88.4 Å². The minimum Gasteiger partial charge on any atom is -0.333 e. The summed E-state index contributed by atoms with van der Waals surface area (Å²) in [7, 11) is -3.06. The van der Waals surface area contributed by atoms with E-state index in [0.717, 1.165) is 11.6 Å². The van der Waals surface area contributed by atoms with Crippen molar-refractivity contribution in [3.05, 3.63) is 65.6 Å². The van der Waals surface area contributed by atoms with Gasteiger partial charge in [0, 0.05) is 62.8 Å². The zero-order valence-corrected chi connectivity index (χ0v) is 19.7. The van der Waals surface area contributed by atoms with Crippen molar-refractivity contribution in [1.29, 1.82) is 0 Å². The third kappa shape index (κ3) is 5.00. The van der Waals surface area contributed by atoms with Crippen LogP contribution in [0.1, 0.15) is 28.4 Å². The van der Waals surface area contributed by atoms with Crippen molar-refractivity contribution in [3.63, 3.8) is 0 Å². The lowest BCUT2D eigenvalue weighted by Crippen LogP contribution is -2.53. The predicted molar refractivity (Wildman–Crippen MR) is 125 cm³/mol. The normalized spacial score (nSPS) is 16.9. The van der Waals surface area contributed by atoms with Gasteiger partial charge in [-0.3, -0.25) is 19.4 Å². The lowest BCUT2D eigenvalue weighted by molar-refractivity contribution is 0.0476. The molecule has 0 saturated carbocycles. The molecule has 1 atom stereocenters. The molecule has 0 unspecified atom stereocenters. The third-order valence-corrected chi connectivity index (χ3v) is 6.61. The summed E-state index contributed by atoms with van der Waals surface area (Å²) in [5, 5.41) is 4.18. The van der Waals surface area contributed by atoms with E-state index >= 15 is 0 Å². The van der Waals surface area contributed by atoms with E-state index in [4.69, 9.17) is 6.42 Å². The summed E-state index contributed by atoms with van der Waals surface area (Å²) in [5.74, 6) is 2.26. The molecule has 1 aliphatic heterocycles. The van der Waals surface area contributed by atoms with E-state index in [1.54, 1.807) is 42.3 Å². The first-order valence-electron chi connectivity index (χ1n) is 10.7. The van der Waals surface area contributed by atoms with Gasteiger partial charge in [0.05, 0.1) is 17.5 Å². The number of aromatic nitrogens is 3. The fourth-order valence-corrected chi connectivity index (χ4v) is 4.78. The van der Waals surface area contributed by atoms with Crippen molar-refractivity contribution >= 4 is 16.1 Å². The van der Waals surface area contributed by atoms with Gasteiger partial charge >= 0.3 is 10.2 Å². The molecule has 1 aliphatic rings. The number of halogens is 1. The summed E-state index contributed by atoms with van der Waals surface area (Å²) in [6, 6.07) is 7.51. The molecule has 0 N–H and O–H groups in total. The quantitative estimate of drug-likeness (QED) is 0.411. The Hall–Kier alpha value is -3.55. The number of nitrogens with zero attached hydrogens (tertiary/aromatic N) is 5. The molecule has 176 valence electrons. The molecule has 0 bridgehead atoms. The maximum absolute atomic E-state index is 13.6. The summed E-state index contributed by atoms with van der Waals surface area (Å²) >= 11 is 0. The molecular weight excluding hydrogens is 457 g/mol. The largest absolute Gasteiger partial charge is 0.333 e. The maximum atomic E-state index is 13.6. The fraction of sp³-hybridized carbons (Fsp3) is 0.292. The van der Waals surface area contributed by atoms with Crippen molar-refractivity contribution in [2.24, 2.45) is 7.05 Å². The number of rotatable bonds is 5. The molecule has 4 rings (SSSR count). The highest BCUT2D eigenvalue weighted by molar-refractivity contribution is 7.86. The number of terminal acetylenes is 1. The molecule has 1 aromatic carbocycles. The molecule has 1 fully saturated rings. The Morgan fingerprint density at radius 1 is 1.29 bits per heavy atom. The molecule has 0 spiro atoms. The average Bonchev–Trinajstić information content (AvgIpc) is 3.24. The minimum absolute atomic E-state index is 0.108. The second-order valence-corrected chi connectivity index (χ2v) is 9.68. The van der Waals surface area contributed by atoms with Crippen LogP contribution in [-0.4, -0.2) is 64.6 Å². The molecule has 3 aromatic rings. The van der Waals surface area contributed by atoms with E-state index in [9.17, 15) is 17.1 Å². The number of amides is 1. The second kappa shape index (κ2) is 9.37. The van der Waals surface area contributed by atoms with E-state index in [1.165, 1.54) is 6.07 Å².